The molecule has 5 heteroatoms. The summed E-state index contributed by atoms with van der Waals surface area (Å²) in [6, 6.07) is 13.5. The minimum atomic E-state index is -0.0511. The number of anilines is 1. The highest BCUT2D eigenvalue weighted by molar-refractivity contribution is 6.03. The van der Waals surface area contributed by atoms with Gasteiger partial charge in [-0.05, 0) is 76.9 Å². The van der Waals surface area contributed by atoms with Gasteiger partial charge >= 0.3 is 0 Å². The summed E-state index contributed by atoms with van der Waals surface area (Å²) in [5, 5.41) is 0. The number of ether oxygens (including phenoxy) is 2. The lowest BCUT2D eigenvalue weighted by Crippen LogP contribution is -2.36. The van der Waals surface area contributed by atoms with Crippen LogP contribution in [0.3, 0.4) is 0 Å². The highest BCUT2D eigenvalue weighted by atomic mass is 16.5. The van der Waals surface area contributed by atoms with Gasteiger partial charge < -0.3 is 19.3 Å². The molecule has 2 unspecified atom stereocenters. The van der Waals surface area contributed by atoms with E-state index in [1.54, 1.807) is 5.57 Å². The van der Waals surface area contributed by atoms with E-state index >= 15 is 0 Å². The molecule has 0 bridgehead atoms. The second kappa shape index (κ2) is 10.2. The van der Waals surface area contributed by atoms with Gasteiger partial charge in [0.2, 0.25) is 0 Å². The summed E-state index contributed by atoms with van der Waals surface area (Å²) in [7, 11) is 4.52. The average molecular weight is 565 g/mol. The quantitative estimate of drug-likeness (QED) is 0.292. The number of likely N-dealkylation sites (N-methyl/N-ethyl adjacent to an activating group) is 1. The predicted molar refractivity (Wildman–Crippen MR) is 172 cm³/mol. The molecule has 1 fully saturated rings. The molecular weight excluding hydrogens is 518 g/mol. The molecule has 5 nitrogen and oxygen atoms in total. The summed E-state index contributed by atoms with van der Waals surface area (Å²) >= 11 is 0. The van der Waals surface area contributed by atoms with E-state index in [-0.39, 0.29) is 10.8 Å². The molecule has 1 aliphatic carbocycles. The van der Waals surface area contributed by atoms with E-state index in [0.717, 1.165) is 44.2 Å². The maximum absolute atomic E-state index is 6.05. The number of benzene rings is 2. The molecule has 0 N–H and O–H groups in total. The monoisotopic (exact) mass is 564 g/mol. The van der Waals surface area contributed by atoms with E-state index in [0.29, 0.717) is 12.0 Å². The molecule has 1 saturated carbocycles. The Bertz CT molecular complexity index is 1540. The van der Waals surface area contributed by atoms with Gasteiger partial charge in [-0.25, -0.2) is 0 Å². The van der Waals surface area contributed by atoms with Crippen molar-refractivity contribution < 1.29 is 14.0 Å². The number of nitrogens with zero attached hydrogens (tertiary/aromatic N) is 3. The first kappa shape index (κ1) is 27.5. The zero-order valence-corrected chi connectivity index (χ0v) is 26.2. The van der Waals surface area contributed by atoms with Crippen LogP contribution in [0.1, 0.15) is 64.5 Å². The molecule has 4 aliphatic heterocycles. The van der Waals surface area contributed by atoms with Crippen molar-refractivity contribution in [2.75, 3.05) is 45.3 Å². The van der Waals surface area contributed by atoms with Crippen molar-refractivity contribution in [3.63, 3.8) is 0 Å². The molecule has 4 heterocycles. The van der Waals surface area contributed by atoms with Gasteiger partial charge in [0.15, 0.2) is 18.0 Å². The molecule has 2 atom stereocenters. The molecule has 0 saturated heterocycles. The number of allylic oxidation sites excluding steroid dienone is 4. The number of para-hydroxylation sites is 2. The van der Waals surface area contributed by atoms with E-state index < -0.39 is 0 Å². The Balaban J connectivity index is 1.23. The fraction of sp³-hybridized carbons (Fsp3) is 0.486. The molecular formula is C37H46N3O2+. The van der Waals surface area contributed by atoms with Gasteiger partial charge in [0, 0.05) is 28.8 Å². The molecule has 2 aromatic rings. The Morgan fingerprint density at radius 1 is 0.905 bits per heavy atom. The van der Waals surface area contributed by atoms with Crippen molar-refractivity contribution in [1.82, 2.24) is 4.90 Å². The van der Waals surface area contributed by atoms with E-state index in [9.17, 15) is 0 Å². The number of hydrogen-bond donors (Lipinski definition) is 0. The lowest BCUT2D eigenvalue weighted by Gasteiger charge is -2.32. The molecule has 7 rings (SSSR count). The van der Waals surface area contributed by atoms with Crippen LogP contribution >= 0.6 is 0 Å². The average Bonchev–Trinajstić information content (AvgIpc) is 3.20. The first-order valence-corrected chi connectivity index (χ1v) is 15.9. The second-order valence-electron chi connectivity index (χ2n) is 13.9. The lowest BCUT2D eigenvalue weighted by atomic mass is 9.80. The molecule has 5 aliphatic rings. The summed E-state index contributed by atoms with van der Waals surface area (Å²) in [5.74, 6) is 2.51. The summed E-state index contributed by atoms with van der Waals surface area (Å²) in [5.41, 5.74) is 9.54. The predicted octanol–water partition coefficient (Wildman–Crippen LogP) is 7.13. The molecule has 220 valence electrons. The topological polar surface area (TPSA) is 27.9 Å². The van der Waals surface area contributed by atoms with Crippen molar-refractivity contribution in [3.8, 4) is 11.5 Å². The molecule has 0 spiro atoms. The maximum Gasteiger partial charge on any atom is 0.252 e. The van der Waals surface area contributed by atoms with Crippen molar-refractivity contribution in [2.45, 2.75) is 70.3 Å². The SMILES string of the molecule is CN(C)C1C(=CC=C2N3CCOc4cccc(c43)C2(C)C)CCCCC1C=CC1=[N+]2CCOc3cccc(c32)C1(C)C. The molecule has 0 radical (unpaired) electrons. The minimum absolute atomic E-state index is 0.0446. The van der Waals surface area contributed by atoms with E-state index in [1.807, 2.05) is 0 Å². The van der Waals surface area contributed by atoms with Gasteiger partial charge in [-0.3, -0.25) is 0 Å². The third-order valence-electron chi connectivity index (χ3n) is 10.4. The lowest BCUT2D eigenvalue weighted by molar-refractivity contribution is -0.448. The summed E-state index contributed by atoms with van der Waals surface area (Å²) in [6.07, 6.45) is 14.8. The van der Waals surface area contributed by atoms with Gasteiger partial charge in [-0.2, -0.15) is 4.58 Å². The van der Waals surface area contributed by atoms with Crippen LogP contribution < -0.4 is 14.4 Å². The van der Waals surface area contributed by atoms with Crippen molar-refractivity contribution in [3.05, 3.63) is 83.1 Å². The maximum atomic E-state index is 6.05. The summed E-state index contributed by atoms with van der Waals surface area (Å²) < 4.78 is 14.6. The second-order valence-corrected chi connectivity index (χ2v) is 13.9. The Morgan fingerprint density at radius 3 is 2.48 bits per heavy atom. The van der Waals surface area contributed by atoms with Crippen molar-refractivity contribution in [1.29, 1.82) is 0 Å². The molecule has 0 aromatic heterocycles. The highest BCUT2D eigenvalue weighted by Gasteiger charge is 2.48. The van der Waals surface area contributed by atoms with E-state index in [2.05, 4.69) is 117 Å². The van der Waals surface area contributed by atoms with Gasteiger partial charge in [0.1, 0.15) is 19.0 Å². The first-order chi connectivity index (χ1) is 20.2. The van der Waals surface area contributed by atoms with Gasteiger partial charge in [-0.15, -0.1) is 0 Å². The van der Waals surface area contributed by atoms with Gasteiger partial charge in [-0.1, -0.05) is 62.3 Å². The summed E-state index contributed by atoms with van der Waals surface area (Å²) in [4.78, 5) is 4.97. The third kappa shape index (κ3) is 4.18. The zero-order valence-electron chi connectivity index (χ0n) is 26.2. The Labute approximate surface area is 251 Å². The number of hydrogen-bond acceptors (Lipinski definition) is 4. The van der Waals surface area contributed by atoms with Crippen LogP contribution in [0.15, 0.2) is 72.0 Å². The third-order valence-corrected chi connectivity index (χ3v) is 10.4. The summed E-state index contributed by atoms with van der Waals surface area (Å²) in [6.45, 7) is 12.8. The van der Waals surface area contributed by atoms with E-state index in [1.165, 1.54) is 53.2 Å². The normalized spacial score (nSPS) is 27.4. The van der Waals surface area contributed by atoms with Crippen LogP contribution in [0.25, 0.3) is 0 Å². The zero-order chi connectivity index (χ0) is 29.2. The molecule has 42 heavy (non-hydrogen) atoms. The van der Waals surface area contributed by atoms with Crippen LogP contribution in [0, 0.1) is 5.92 Å². The smallest absolute Gasteiger partial charge is 0.252 e. The Kier molecular flexibility index (Phi) is 6.65. The fourth-order valence-corrected chi connectivity index (χ4v) is 8.38. The van der Waals surface area contributed by atoms with Crippen LogP contribution in [-0.4, -0.2) is 61.6 Å². The van der Waals surface area contributed by atoms with Crippen molar-refractivity contribution >= 4 is 17.1 Å². The van der Waals surface area contributed by atoms with Gasteiger partial charge in [0.25, 0.3) is 5.69 Å². The van der Waals surface area contributed by atoms with Crippen LogP contribution in [0.4, 0.5) is 11.4 Å². The largest absolute Gasteiger partial charge is 0.490 e. The highest BCUT2D eigenvalue weighted by Crippen LogP contribution is 2.53. The minimum Gasteiger partial charge on any atom is -0.490 e. The van der Waals surface area contributed by atoms with E-state index in [4.69, 9.17) is 9.47 Å². The molecule has 0 amide bonds. The Morgan fingerprint density at radius 2 is 1.67 bits per heavy atom. The van der Waals surface area contributed by atoms with Crippen molar-refractivity contribution in [2.24, 2.45) is 5.92 Å². The van der Waals surface area contributed by atoms with Crippen LogP contribution in [-0.2, 0) is 10.8 Å². The van der Waals surface area contributed by atoms with Crippen LogP contribution in [0.2, 0.25) is 0 Å². The Hall–Kier alpha value is -3.31. The van der Waals surface area contributed by atoms with Crippen LogP contribution in [0.5, 0.6) is 11.5 Å². The standard InChI is InChI=1S/C37H46N3O2/c1-36(2)27-13-9-15-29-34(27)39(21-23-41-29)31(36)19-17-25-11-7-8-12-26(33(25)38(5)6)18-20-32-37(3,4)28-14-10-16-30-35(28)40(32)22-24-42-30/h9-10,13-20,25,33H,7-8,11-12,21-24H2,1-6H3/q+1. The first-order valence-electron chi connectivity index (χ1n) is 15.9. The fourth-order valence-electron chi connectivity index (χ4n) is 8.38. The number of rotatable bonds is 4. The molecule has 2 aromatic carbocycles. The van der Waals surface area contributed by atoms with Gasteiger partial charge in [0.05, 0.1) is 17.6 Å².